The summed E-state index contributed by atoms with van der Waals surface area (Å²) in [5.74, 6) is 0.509. The number of nitrogens with one attached hydrogen (secondary N) is 1. The molecule has 0 radical (unpaired) electrons. The third kappa shape index (κ3) is 12.5. The number of hydrogen-bond donors (Lipinski definition) is 2. The molecule has 1 aliphatic heterocycles. The fourth-order valence-corrected chi connectivity index (χ4v) is 5.37. The van der Waals surface area contributed by atoms with Gasteiger partial charge in [-0.2, -0.15) is 0 Å². The van der Waals surface area contributed by atoms with Gasteiger partial charge < -0.3 is 15.2 Å². The van der Waals surface area contributed by atoms with Crippen LogP contribution < -0.4 is 5.32 Å². The zero-order valence-electron chi connectivity index (χ0n) is 24.6. The zero-order chi connectivity index (χ0) is 28.2. The average Bonchev–Trinajstić information content (AvgIpc) is 2.82. The summed E-state index contributed by atoms with van der Waals surface area (Å²) < 4.78 is 6.10. The number of carboxylic acid groups (broad SMARTS) is 1. The molecule has 0 saturated heterocycles. The second-order valence-corrected chi connectivity index (χ2v) is 12.7. The number of Topliss-reactive ketones (excluding diaryl/α,β-unsaturated/α-hetero) is 1. The van der Waals surface area contributed by atoms with E-state index in [4.69, 9.17) is 14.8 Å². The largest absolute Gasteiger partial charge is 0.478 e. The molecule has 214 valence electrons. The quantitative estimate of drug-likeness (QED) is 0.184. The van der Waals surface area contributed by atoms with E-state index >= 15 is 0 Å². The highest BCUT2D eigenvalue weighted by atomic mass is 16.5. The number of aromatic nitrogens is 1. The van der Waals surface area contributed by atoms with Crippen LogP contribution in [0.4, 0.5) is 5.82 Å². The zero-order valence-corrected chi connectivity index (χ0v) is 24.6. The molecule has 2 rings (SSSR count). The van der Waals surface area contributed by atoms with E-state index in [1.807, 2.05) is 13.8 Å². The minimum Gasteiger partial charge on any atom is -0.478 e. The van der Waals surface area contributed by atoms with Crippen LogP contribution >= 0.6 is 0 Å². The molecule has 7 heteroatoms. The number of aryl methyl sites for hydroxylation is 2. The number of anilines is 1. The van der Waals surface area contributed by atoms with Gasteiger partial charge in [-0.15, -0.1) is 0 Å². The average molecular weight is 530 g/mol. The fourth-order valence-electron chi connectivity index (χ4n) is 5.37. The number of nitrogens with zero attached hydrogens (tertiary/aromatic N) is 2. The monoisotopic (exact) mass is 529 g/mol. The van der Waals surface area contributed by atoms with Crippen molar-refractivity contribution in [2.75, 3.05) is 44.7 Å². The second-order valence-electron chi connectivity index (χ2n) is 12.7. The molecule has 7 nitrogen and oxygen atoms in total. The highest BCUT2D eigenvalue weighted by Gasteiger charge is 2.31. The fraction of sp³-hybridized carbons (Fsp3) is 0.710. The Kier molecular flexibility index (Phi) is 12.9. The molecular formula is C31H51N3O4. The van der Waals surface area contributed by atoms with Crippen LogP contribution in [0.15, 0.2) is 24.3 Å². The Hall–Kier alpha value is -2.25. The summed E-state index contributed by atoms with van der Waals surface area (Å²) in [5, 5.41) is 12.4. The van der Waals surface area contributed by atoms with E-state index < -0.39 is 5.97 Å². The number of carbonyl (C=O) groups excluding carboxylic acids is 1. The van der Waals surface area contributed by atoms with Crippen molar-refractivity contribution >= 4 is 17.6 Å². The van der Waals surface area contributed by atoms with Crippen molar-refractivity contribution in [2.24, 2.45) is 16.7 Å². The number of ether oxygens (including phenoxy) is 1. The third-order valence-corrected chi connectivity index (χ3v) is 7.03. The maximum Gasteiger partial charge on any atom is 0.328 e. The number of carbonyl (C=O) groups is 2. The van der Waals surface area contributed by atoms with Crippen molar-refractivity contribution in [3.63, 3.8) is 0 Å². The number of aliphatic carboxylic acids is 1. The molecule has 2 N–H and O–H groups in total. The maximum absolute atomic E-state index is 12.3. The Balaban J connectivity index is 1.78. The Morgan fingerprint density at radius 1 is 1.16 bits per heavy atom. The van der Waals surface area contributed by atoms with Crippen LogP contribution in [-0.4, -0.2) is 66.1 Å². The Bertz CT molecular complexity index is 924. The molecule has 0 bridgehead atoms. The number of fused-ring (bicyclic) bond motifs is 1. The van der Waals surface area contributed by atoms with Crippen molar-refractivity contribution in [3.05, 3.63) is 35.5 Å². The van der Waals surface area contributed by atoms with Gasteiger partial charge in [-0.1, -0.05) is 53.7 Å². The van der Waals surface area contributed by atoms with Gasteiger partial charge >= 0.3 is 5.97 Å². The highest BCUT2D eigenvalue weighted by Crippen LogP contribution is 2.37. The van der Waals surface area contributed by atoms with Crippen LogP contribution in [0.3, 0.4) is 0 Å². The maximum atomic E-state index is 12.3. The second kappa shape index (κ2) is 15.4. The summed E-state index contributed by atoms with van der Waals surface area (Å²) in [4.78, 5) is 30.2. The van der Waals surface area contributed by atoms with E-state index in [1.54, 1.807) is 6.08 Å². The van der Waals surface area contributed by atoms with Crippen molar-refractivity contribution in [2.45, 2.75) is 86.5 Å². The van der Waals surface area contributed by atoms with Crippen LogP contribution in [0.2, 0.25) is 0 Å². The summed E-state index contributed by atoms with van der Waals surface area (Å²) in [6, 6.07) is 4.35. The molecule has 0 aromatic carbocycles. The number of hydrogen-bond acceptors (Lipinski definition) is 6. The first-order chi connectivity index (χ1) is 17.9. The lowest BCUT2D eigenvalue weighted by Crippen LogP contribution is -2.32. The van der Waals surface area contributed by atoms with Crippen LogP contribution in [0.5, 0.6) is 0 Å². The van der Waals surface area contributed by atoms with Crippen LogP contribution in [-0.2, 0) is 27.2 Å². The summed E-state index contributed by atoms with van der Waals surface area (Å²) in [5.41, 5.74) is 2.34. The summed E-state index contributed by atoms with van der Waals surface area (Å²) in [6.45, 7) is 17.1. The third-order valence-electron chi connectivity index (χ3n) is 7.03. The van der Waals surface area contributed by atoms with E-state index in [0.717, 1.165) is 63.3 Å². The van der Waals surface area contributed by atoms with E-state index in [2.05, 4.69) is 50.0 Å². The molecule has 0 aliphatic carbocycles. The molecule has 1 aromatic rings. The lowest BCUT2D eigenvalue weighted by atomic mass is 9.72. The first-order valence-corrected chi connectivity index (χ1v) is 14.3. The van der Waals surface area contributed by atoms with Gasteiger partial charge in [-0.3, -0.25) is 9.69 Å². The number of rotatable bonds is 18. The van der Waals surface area contributed by atoms with Crippen molar-refractivity contribution in [1.29, 1.82) is 0 Å². The molecule has 38 heavy (non-hydrogen) atoms. The van der Waals surface area contributed by atoms with Gasteiger partial charge in [0.2, 0.25) is 0 Å². The molecule has 0 atom stereocenters. The van der Waals surface area contributed by atoms with Gasteiger partial charge in [0, 0.05) is 43.7 Å². The van der Waals surface area contributed by atoms with Gasteiger partial charge in [0.25, 0.3) is 0 Å². The Morgan fingerprint density at radius 2 is 1.92 bits per heavy atom. The summed E-state index contributed by atoms with van der Waals surface area (Å²) in [6.07, 6.45) is 9.67. The SMILES string of the molecule is CC(C)C(=O)CC(C)(C)CC(C)(C)COCCN(C/C=C/C(=O)O)CCCCc1ccc2c(n1)NCCC2. The first-order valence-electron chi connectivity index (χ1n) is 14.3. The molecule has 0 spiro atoms. The number of pyridine rings is 1. The van der Waals surface area contributed by atoms with Crippen LogP contribution in [0, 0.1) is 16.7 Å². The molecule has 0 saturated carbocycles. The summed E-state index contributed by atoms with van der Waals surface area (Å²) in [7, 11) is 0. The van der Waals surface area contributed by atoms with Crippen molar-refractivity contribution in [1.82, 2.24) is 9.88 Å². The van der Waals surface area contributed by atoms with Crippen LogP contribution in [0.1, 0.15) is 84.9 Å². The van der Waals surface area contributed by atoms with E-state index in [-0.39, 0.29) is 16.7 Å². The molecule has 1 aliphatic rings. The highest BCUT2D eigenvalue weighted by molar-refractivity contribution is 5.80. The Labute approximate surface area is 230 Å². The topological polar surface area (TPSA) is 91.8 Å². The van der Waals surface area contributed by atoms with Crippen molar-refractivity contribution < 1.29 is 19.4 Å². The minimum absolute atomic E-state index is 0.0362. The molecule has 0 amide bonds. The molecule has 0 unspecified atom stereocenters. The standard InChI is InChI=1S/C31H51N3O4/c1-24(2)27(35)21-30(3,4)22-31(5,6)23-38-20-19-34(18-10-13-28(36)37)17-8-7-12-26-15-14-25-11-9-16-32-29(25)33-26/h10,13-15,24H,7-9,11-12,16-23H2,1-6H3,(H,32,33)(H,36,37)/b13-10+. The number of ketones is 1. The number of unbranched alkanes of at least 4 members (excludes halogenated alkanes) is 1. The predicted octanol–water partition coefficient (Wildman–Crippen LogP) is 5.78. The molecule has 0 fully saturated rings. The van der Waals surface area contributed by atoms with E-state index in [1.165, 1.54) is 18.1 Å². The van der Waals surface area contributed by atoms with Gasteiger partial charge in [-0.05, 0) is 67.5 Å². The normalized spacial score (nSPS) is 14.2. The lowest BCUT2D eigenvalue weighted by Gasteiger charge is -2.35. The molecule has 2 heterocycles. The lowest BCUT2D eigenvalue weighted by molar-refractivity contribution is -0.131. The van der Waals surface area contributed by atoms with Crippen LogP contribution in [0.25, 0.3) is 0 Å². The Morgan fingerprint density at radius 3 is 2.63 bits per heavy atom. The summed E-state index contributed by atoms with van der Waals surface area (Å²) >= 11 is 0. The van der Waals surface area contributed by atoms with Gasteiger partial charge in [0.15, 0.2) is 0 Å². The molecular weight excluding hydrogens is 478 g/mol. The smallest absolute Gasteiger partial charge is 0.328 e. The molecule has 1 aromatic heterocycles. The van der Waals surface area contributed by atoms with Gasteiger partial charge in [-0.25, -0.2) is 9.78 Å². The van der Waals surface area contributed by atoms with E-state index in [9.17, 15) is 9.59 Å². The number of carboxylic acids is 1. The minimum atomic E-state index is -0.923. The van der Waals surface area contributed by atoms with Gasteiger partial charge in [0.1, 0.15) is 11.6 Å². The first kappa shape index (κ1) is 32.0. The van der Waals surface area contributed by atoms with Gasteiger partial charge in [0.05, 0.1) is 13.2 Å². The predicted molar refractivity (Wildman–Crippen MR) is 155 cm³/mol. The van der Waals surface area contributed by atoms with Crippen molar-refractivity contribution in [3.8, 4) is 0 Å². The van der Waals surface area contributed by atoms with E-state index in [0.29, 0.717) is 32.0 Å².